The Morgan fingerprint density at radius 2 is 2.19 bits per heavy atom. The molecule has 0 atom stereocenters. The normalized spacial score (nSPS) is 10.9. The first-order valence-corrected chi connectivity index (χ1v) is 10.0. The van der Waals surface area contributed by atoms with Crippen molar-refractivity contribution < 1.29 is 9.21 Å². The van der Waals surface area contributed by atoms with Gasteiger partial charge in [-0.3, -0.25) is 14.3 Å². The lowest BCUT2D eigenvalue weighted by molar-refractivity contribution is -0.118. The van der Waals surface area contributed by atoms with Gasteiger partial charge in [0.15, 0.2) is 11.0 Å². The predicted octanol–water partition coefficient (Wildman–Crippen LogP) is 3.38. The van der Waals surface area contributed by atoms with Crippen LogP contribution in [0.5, 0.6) is 0 Å². The number of carbonyl (C=O) groups is 1. The Morgan fingerprint density at radius 3 is 2.93 bits per heavy atom. The molecule has 1 amide bonds. The lowest BCUT2D eigenvalue weighted by atomic mass is 10.2. The van der Waals surface area contributed by atoms with Crippen LogP contribution in [0.2, 0.25) is 0 Å². The van der Waals surface area contributed by atoms with Gasteiger partial charge in [-0.05, 0) is 30.7 Å². The Hall–Kier alpha value is -2.61. The summed E-state index contributed by atoms with van der Waals surface area (Å²) in [7, 11) is 0. The standard InChI is InChI=1S/C19H23N5O2S/c1-2-3-4-10-21-17(25)14-27-19-23-22-18(15-7-5-9-20-12-15)24(19)13-16-8-6-11-26-16/h5-9,11-12H,2-4,10,13-14H2,1H3,(H,21,25). The van der Waals surface area contributed by atoms with Crippen molar-refractivity contribution in [2.45, 2.75) is 37.9 Å². The first kappa shape index (κ1) is 19.2. The molecular weight excluding hydrogens is 362 g/mol. The number of unbranched alkanes of at least 4 members (excludes halogenated alkanes) is 2. The fourth-order valence-electron chi connectivity index (χ4n) is 2.59. The van der Waals surface area contributed by atoms with Gasteiger partial charge >= 0.3 is 0 Å². The maximum Gasteiger partial charge on any atom is 0.230 e. The zero-order chi connectivity index (χ0) is 18.9. The quantitative estimate of drug-likeness (QED) is 0.425. The number of hydrogen-bond acceptors (Lipinski definition) is 6. The van der Waals surface area contributed by atoms with Gasteiger partial charge in [0.05, 0.1) is 18.6 Å². The third-order valence-electron chi connectivity index (χ3n) is 3.97. The molecule has 8 heteroatoms. The van der Waals surface area contributed by atoms with E-state index in [-0.39, 0.29) is 5.91 Å². The molecule has 0 spiro atoms. The Morgan fingerprint density at radius 1 is 1.26 bits per heavy atom. The number of aromatic nitrogens is 4. The highest BCUT2D eigenvalue weighted by atomic mass is 32.2. The zero-order valence-electron chi connectivity index (χ0n) is 15.3. The lowest BCUT2D eigenvalue weighted by Gasteiger charge is -2.09. The molecule has 0 aromatic carbocycles. The average molecular weight is 385 g/mol. The van der Waals surface area contributed by atoms with Gasteiger partial charge in [-0.2, -0.15) is 0 Å². The SMILES string of the molecule is CCCCCNC(=O)CSc1nnc(-c2cccnc2)n1Cc1ccco1. The van der Waals surface area contributed by atoms with Crippen molar-refractivity contribution >= 4 is 17.7 Å². The summed E-state index contributed by atoms with van der Waals surface area (Å²) in [5.41, 5.74) is 0.868. The molecule has 0 saturated heterocycles. The lowest BCUT2D eigenvalue weighted by Crippen LogP contribution is -2.26. The van der Waals surface area contributed by atoms with E-state index in [0.29, 0.717) is 29.8 Å². The van der Waals surface area contributed by atoms with Crippen molar-refractivity contribution in [3.8, 4) is 11.4 Å². The molecule has 0 radical (unpaired) electrons. The maximum absolute atomic E-state index is 12.1. The molecule has 142 valence electrons. The number of rotatable bonds is 10. The number of nitrogens with one attached hydrogen (secondary N) is 1. The summed E-state index contributed by atoms with van der Waals surface area (Å²) in [5.74, 6) is 1.80. The largest absolute Gasteiger partial charge is 0.467 e. The van der Waals surface area contributed by atoms with Crippen molar-refractivity contribution in [2.24, 2.45) is 0 Å². The molecule has 3 aromatic rings. The fourth-order valence-corrected chi connectivity index (χ4v) is 3.36. The maximum atomic E-state index is 12.1. The Kier molecular flexibility index (Phi) is 7.04. The van der Waals surface area contributed by atoms with E-state index in [1.807, 2.05) is 28.8 Å². The van der Waals surface area contributed by atoms with Crippen molar-refractivity contribution in [3.05, 3.63) is 48.7 Å². The molecule has 0 unspecified atom stereocenters. The van der Waals surface area contributed by atoms with Crippen LogP contribution in [0.3, 0.4) is 0 Å². The molecule has 3 rings (SSSR count). The second kappa shape index (κ2) is 9.91. The van der Waals surface area contributed by atoms with Gasteiger partial charge in [0.25, 0.3) is 0 Å². The molecular formula is C19H23N5O2S. The number of carbonyl (C=O) groups excluding carboxylic acids is 1. The van der Waals surface area contributed by atoms with Crippen LogP contribution in [0.25, 0.3) is 11.4 Å². The van der Waals surface area contributed by atoms with Gasteiger partial charge in [-0.15, -0.1) is 10.2 Å². The summed E-state index contributed by atoms with van der Waals surface area (Å²) in [6.45, 7) is 3.35. The van der Waals surface area contributed by atoms with Gasteiger partial charge in [0, 0.05) is 24.5 Å². The van der Waals surface area contributed by atoms with E-state index in [9.17, 15) is 4.79 Å². The zero-order valence-corrected chi connectivity index (χ0v) is 16.1. The van der Waals surface area contributed by atoms with Crippen LogP contribution >= 0.6 is 11.8 Å². The molecule has 1 N–H and O–H groups in total. The summed E-state index contributed by atoms with van der Waals surface area (Å²) >= 11 is 1.37. The van der Waals surface area contributed by atoms with E-state index in [4.69, 9.17) is 4.42 Å². The fraction of sp³-hybridized carbons (Fsp3) is 0.368. The molecule has 0 aliphatic carbocycles. The molecule has 0 bridgehead atoms. The van der Waals surface area contributed by atoms with Crippen molar-refractivity contribution in [3.63, 3.8) is 0 Å². The molecule has 0 aliphatic rings. The Bertz CT molecular complexity index is 833. The summed E-state index contributed by atoms with van der Waals surface area (Å²) in [4.78, 5) is 16.2. The van der Waals surface area contributed by atoms with Gasteiger partial charge in [-0.1, -0.05) is 31.5 Å². The second-order valence-corrected chi connectivity index (χ2v) is 7.00. The monoisotopic (exact) mass is 385 g/mol. The smallest absolute Gasteiger partial charge is 0.230 e. The number of furan rings is 1. The first-order chi connectivity index (χ1) is 13.3. The summed E-state index contributed by atoms with van der Waals surface area (Å²) in [5, 5.41) is 12.2. The van der Waals surface area contributed by atoms with Crippen LogP contribution in [-0.2, 0) is 11.3 Å². The van der Waals surface area contributed by atoms with Crippen LogP contribution < -0.4 is 5.32 Å². The van der Waals surface area contributed by atoms with Gasteiger partial charge in [0.2, 0.25) is 5.91 Å². The topological polar surface area (TPSA) is 85.8 Å². The van der Waals surface area contributed by atoms with E-state index < -0.39 is 0 Å². The third kappa shape index (κ3) is 5.43. The van der Waals surface area contributed by atoms with E-state index in [0.717, 1.165) is 30.6 Å². The van der Waals surface area contributed by atoms with Gasteiger partial charge in [-0.25, -0.2) is 0 Å². The minimum Gasteiger partial charge on any atom is -0.467 e. The Labute approximate surface area is 162 Å². The predicted molar refractivity (Wildman–Crippen MR) is 104 cm³/mol. The van der Waals surface area contributed by atoms with E-state index in [2.05, 4.69) is 27.4 Å². The molecule has 7 nitrogen and oxygen atoms in total. The minimum absolute atomic E-state index is 0.00609. The molecule has 27 heavy (non-hydrogen) atoms. The molecule has 3 heterocycles. The summed E-state index contributed by atoms with van der Waals surface area (Å²) in [6.07, 6.45) is 8.37. The second-order valence-electron chi connectivity index (χ2n) is 6.06. The Balaban J connectivity index is 1.71. The number of thioether (sulfide) groups is 1. The number of hydrogen-bond donors (Lipinski definition) is 1. The van der Waals surface area contributed by atoms with Crippen molar-refractivity contribution in [1.29, 1.82) is 0 Å². The third-order valence-corrected chi connectivity index (χ3v) is 4.93. The molecule has 3 aromatic heterocycles. The van der Waals surface area contributed by atoms with E-state index in [1.165, 1.54) is 11.8 Å². The van der Waals surface area contributed by atoms with E-state index >= 15 is 0 Å². The van der Waals surface area contributed by atoms with Gasteiger partial charge < -0.3 is 9.73 Å². The van der Waals surface area contributed by atoms with Crippen LogP contribution in [-0.4, -0.2) is 38.0 Å². The number of pyridine rings is 1. The van der Waals surface area contributed by atoms with Crippen molar-refractivity contribution in [2.75, 3.05) is 12.3 Å². The molecule has 0 fully saturated rings. The summed E-state index contributed by atoms with van der Waals surface area (Å²) in [6, 6.07) is 7.55. The van der Waals surface area contributed by atoms with E-state index in [1.54, 1.807) is 18.7 Å². The average Bonchev–Trinajstić information content (AvgIpc) is 3.35. The number of nitrogens with zero attached hydrogens (tertiary/aromatic N) is 4. The van der Waals surface area contributed by atoms with Crippen LogP contribution in [0.1, 0.15) is 31.9 Å². The number of amides is 1. The first-order valence-electron chi connectivity index (χ1n) is 9.03. The highest BCUT2D eigenvalue weighted by Gasteiger charge is 2.17. The highest BCUT2D eigenvalue weighted by molar-refractivity contribution is 7.99. The minimum atomic E-state index is 0.00609. The van der Waals surface area contributed by atoms with Crippen LogP contribution in [0, 0.1) is 0 Å². The summed E-state index contributed by atoms with van der Waals surface area (Å²) < 4.78 is 7.42. The van der Waals surface area contributed by atoms with Crippen molar-refractivity contribution in [1.82, 2.24) is 25.1 Å². The molecule has 0 aliphatic heterocycles. The highest BCUT2D eigenvalue weighted by Crippen LogP contribution is 2.24. The molecule has 0 saturated carbocycles. The van der Waals surface area contributed by atoms with Crippen LogP contribution in [0.4, 0.5) is 0 Å². The van der Waals surface area contributed by atoms with Crippen LogP contribution in [0.15, 0.2) is 52.5 Å². The van der Waals surface area contributed by atoms with Gasteiger partial charge in [0.1, 0.15) is 5.76 Å².